The number of likely N-dealkylation sites (tertiary alicyclic amines) is 2. The Morgan fingerprint density at radius 1 is 0.833 bits per heavy atom. The van der Waals surface area contributed by atoms with Crippen LogP contribution in [0, 0.1) is 11.8 Å². The minimum absolute atomic E-state index is 0.961. The lowest BCUT2D eigenvalue weighted by molar-refractivity contribution is 0.0646. The van der Waals surface area contributed by atoms with E-state index in [-0.39, 0.29) is 0 Å². The van der Waals surface area contributed by atoms with Gasteiger partial charge in [0.15, 0.2) is 0 Å². The van der Waals surface area contributed by atoms with Crippen molar-refractivity contribution in [3.8, 4) is 0 Å². The quantitative estimate of drug-likeness (QED) is 0.530. The molecule has 0 spiro atoms. The molecular weight excluding hydrogens is 148 g/mol. The van der Waals surface area contributed by atoms with Crippen LogP contribution in [-0.4, -0.2) is 50.1 Å². The van der Waals surface area contributed by atoms with Crippen LogP contribution in [0.2, 0.25) is 0 Å². The standard InChI is InChI=1S/C10H20N2/c1-11-5-3-9-4-6-12(2)8-10(9)7-11/h9-10H,3-8H2,1-2H3. The van der Waals surface area contributed by atoms with Gasteiger partial charge in [0.2, 0.25) is 0 Å². The van der Waals surface area contributed by atoms with Gasteiger partial charge in [-0.2, -0.15) is 0 Å². The van der Waals surface area contributed by atoms with Crippen LogP contribution in [0.1, 0.15) is 12.8 Å². The maximum atomic E-state index is 2.49. The summed E-state index contributed by atoms with van der Waals surface area (Å²) in [7, 11) is 4.51. The molecule has 0 aliphatic carbocycles. The summed E-state index contributed by atoms with van der Waals surface area (Å²) in [5, 5.41) is 0. The van der Waals surface area contributed by atoms with Crippen molar-refractivity contribution in [1.29, 1.82) is 0 Å². The summed E-state index contributed by atoms with van der Waals surface area (Å²) in [6.45, 7) is 5.31. The van der Waals surface area contributed by atoms with Crippen molar-refractivity contribution in [1.82, 2.24) is 9.80 Å². The highest BCUT2D eigenvalue weighted by atomic mass is 15.1. The molecular formula is C10H20N2. The Hall–Kier alpha value is -0.0800. The molecule has 2 fully saturated rings. The molecule has 0 amide bonds. The zero-order valence-corrected chi connectivity index (χ0v) is 8.29. The van der Waals surface area contributed by atoms with Crippen molar-refractivity contribution in [3.63, 3.8) is 0 Å². The minimum atomic E-state index is 0.961. The Balaban J connectivity index is 1.94. The topological polar surface area (TPSA) is 6.48 Å². The van der Waals surface area contributed by atoms with E-state index in [9.17, 15) is 0 Å². The maximum Gasteiger partial charge on any atom is 0.00215 e. The number of rotatable bonds is 0. The van der Waals surface area contributed by atoms with Gasteiger partial charge in [0.05, 0.1) is 0 Å². The maximum absolute atomic E-state index is 2.49. The highest BCUT2D eigenvalue weighted by Gasteiger charge is 2.31. The van der Waals surface area contributed by atoms with Gasteiger partial charge in [0.1, 0.15) is 0 Å². The molecule has 2 aliphatic rings. The van der Waals surface area contributed by atoms with Crippen molar-refractivity contribution in [2.24, 2.45) is 11.8 Å². The van der Waals surface area contributed by atoms with Gasteiger partial charge < -0.3 is 9.80 Å². The molecule has 2 rings (SSSR count). The fraction of sp³-hybridized carbons (Fsp3) is 1.00. The smallest absolute Gasteiger partial charge is 0.00215 e. The number of nitrogens with zero attached hydrogens (tertiary/aromatic N) is 2. The summed E-state index contributed by atoms with van der Waals surface area (Å²) in [5.74, 6) is 2.00. The van der Waals surface area contributed by atoms with Crippen molar-refractivity contribution in [3.05, 3.63) is 0 Å². The fourth-order valence-corrected chi connectivity index (χ4v) is 2.73. The molecule has 0 saturated carbocycles. The van der Waals surface area contributed by atoms with Crippen LogP contribution in [0.25, 0.3) is 0 Å². The normalized spacial score (nSPS) is 39.5. The van der Waals surface area contributed by atoms with Gasteiger partial charge >= 0.3 is 0 Å². The molecule has 0 bridgehead atoms. The second-order valence-corrected chi connectivity index (χ2v) is 4.62. The number of fused-ring (bicyclic) bond motifs is 1. The van der Waals surface area contributed by atoms with Gasteiger partial charge in [-0.15, -0.1) is 0 Å². The summed E-state index contributed by atoms with van der Waals surface area (Å²) in [4.78, 5) is 4.97. The monoisotopic (exact) mass is 168 g/mol. The van der Waals surface area contributed by atoms with Crippen molar-refractivity contribution in [2.45, 2.75) is 12.8 Å². The van der Waals surface area contributed by atoms with E-state index >= 15 is 0 Å². The molecule has 0 aromatic heterocycles. The van der Waals surface area contributed by atoms with E-state index in [2.05, 4.69) is 23.9 Å². The third-order valence-electron chi connectivity index (χ3n) is 3.52. The van der Waals surface area contributed by atoms with Crippen molar-refractivity contribution >= 4 is 0 Å². The first-order chi connectivity index (χ1) is 5.75. The second-order valence-electron chi connectivity index (χ2n) is 4.62. The summed E-state index contributed by atoms with van der Waals surface area (Å²) in [6.07, 6.45) is 2.88. The highest BCUT2D eigenvalue weighted by molar-refractivity contribution is 4.84. The minimum Gasteiger partial charge on any atom is -0.306 e. The Morgan fingerprint density at radius 2 is 1.33 bits per heavy atom. The van der Waals surface area contributed by atoms with Crippen LogP contribution in [0.3, 0.4) is 0 Å². The van der Waals surface area contributed by atoms with Crippen LogP contribution in [0.5, 0.6) is 0 Å². The van der Waals surface area contributed by atoms with Gasteiger partial charge in [-0.25, -0.2) is 0 Å². The average Bonchev–Trinajstić information content (AvgIpc) is 2.03. The summed E-state index contributed by atoms with van der Waals surface area (Å²) in [5.41, 5.74) is 0. The van der Waals surface area contributed by atoms with Crippen LogP contribution in [-0.2, 0) is 0 Å². The lowest BCUT2D eigenvalue weighted by Crippen LogP contribution is -2.47. The van der Waals surface area contributed by atoms with Gasteiger partial charge in [0, 0.05) is 13.1 Å². The fourth-order valence-electron chi connectivity index (χ4n) is 2.73. The van der Waals surface area contributed by atoms with Crippen LogP contribution in [0.15, 0.2) is 0 Å². The second kappa shape index (κ2) is 3.35. The van der Waals surface area contributed by atoms with E-state index in [1.165, 1.54) is 39.0 Å². The predicted molar refractivity (Wildman–Crippen MR) is 51.2 cm³/mol. The lowest BCUT2D eigenvalue weighted by atomic mass is 9.80. The van der Waals surface area contributed by atoms with Crippen LogP contribution < -0.4 is 0 Å². The molecule has 2 heteroatoms. The first kappa shape index (κ1) is 8.52. The van der Waals surface area contributed by atoms with E-state index in [1.54, 1.807) is 0 Å². The van der Waals surface area contributed by atoms with E-state index in [0.717, 1.165) is 11.8 Å². The van der Waals surface area contributed by atoms with Crippen LogP contribution >= 0.6 is 0 Å². The molecule has 0 atom stereocenters. The molecule has 0 radical (unpaired) electrons. The van der Waals surface area contributed by atoms with E-state index < -0.39 is 0 Å². The molecule has 0 aromatic rings. The van der Waals surface area contributed by atoms with E-state index in [4.69, 9.17) is 0 Å². The predicted octanol–water partition coefficient (Wildman–Crippen LogP) is 0.890. The molecule has 70 valence electrons. The van der Waals surface area contributed by atoms with Crippen molar-refractivity contribution in [2.75, 3.05) is 40.3 Å². The van der Waals surface area contributed by atoms with E-state index in [0.29, 0.717) is 0 Å². The summed E-state index contributed by atoms with van der Waals surface area (Å²) in [6, 6.07) is 0. The molecule has 2 heterocycles. The average molecular weight is 168 g/mol. The number of hydrogen-bond donors (Lipinski definition) is 0. The van der Waals surface area contributed by atoms with Gasteiger partial charge in [-0.05, 0) is 51.9 Å². The molecule has 12 heavy (non-hydrogen) atoms. The van der Waals surface area contributed by atoms with Gasteiger partial charge in [-0.1, -0.05) is 0 Å². The molecule has 0 unspecified atom stereocenters. The number of hydrogen-bond acceptors (Lipinski definition) is 2. The SMILES string of the molecule is CN1CCC2CCN(C)CC2C1. The summed E-state index contributed by atoms with van der Waals surface area (Å²) < 4.78 is 0. The van der Waals surface area contributed by atoms with Gasteiger partial charge in [-0.3, -0.25) is 0 Å². The van der Waals surface area contributed by atoms with Gasteiger partial charge in [0.25, 0.3) is 0 Å². The largest absolute Gasteiger partial charge is 0.306 e. The van der Waals surface area contributed by atoms with Crippen LogP contribution in [0.4, 0.5) is 0 Å². The molecule has 2 saturated heterocycles. The molecule has 2 aliphatic heterocycles. The Morgan fingerprint density at radius 3 is 1.83 bits per heavy atom. The van der Waals surface area contributed by atoms with E-state index in [1.807, 2.05) is 0 Å². The lowest BCUT2D eigenvalue weighted by Gasteiger charge is -2.42. The Bertz CT molecular complexity index is 142. The zero-order chi connectivity index (χ0) is 8.55. The molecule has 0 N–H and O–H groups in total. The summed E-state index contributed by atoms with van der Waals surface area (Å²) >= 11 is 0. The number of piperidine rings is 2. The zero-order valence-electron chi connectivity index (χ0n) is 8.29. The third kappa shape index (κ3) is 1.64. The third-order valence-corrected chi connectivity index (χ3v) is 3.52. The van der Waals surface area contributed by atoms with Crippen molar-refractivity contribution < 1.29 is 0 Å². The Labute approximate surface area is 75.5 Å². The first-order valence-corrected chi connectivity index (χ1v) is 5.13. The molecule has 2 nitrogen and oxygen atoms in total. The molecule has 0 aromatic carbocycles. The highest BCUT2D eigenvalue weighted by Crippen LogP contribution is 2.29. The Kier molecular flexibility index (Phi) is 2.37. The first-order valence-electron chi connectivity index (χ1n) is 5.13.